The average Bonchev–Trinajstić information content (AvgIpc) is 2.15. The Morgan fingerprint density at radius 2 is 1.71 bits per heavy atom. The lowest BCUT2D eigenvalue weighted by molar-refractivity contribution is 0.333. The summed E-state index contributed by atoms with van der Waals surface area (Å²) in [6, 6.07) is 3.27. The number of nitrogens with two attached hydrogens (primary N) is 1. The number of benzene rings is 1. The van der Waals surface area contributed by atoms with E-state index in [0.29, 0.717) is 5.56 Å². The van der Waals surface area contributed by atoms with Gasteiger partial charge in [0.25, 0.3) is 0 Å². The predicted molar refractivity (Wildman–Crippen MR) is 65.1 cm³/mol. The third-order valence-corrected chi connectivity index (χ3v) is 2.67. The topological polar surface area (TPSA) is 38.0 Å². The molecule has 0 aliphatic heterocycles. The van der Waals surface area contributed by atoms with Crippen molar-refractivity contribution in [3.05, 3.63) is 35.4 Å². The molecule has 0 aliphatic rings. The van der Waals surface area contributed by atoms with Crippen LogP contribution in [0.5, 0.6) is 0 Å². The fourth-order valence-corrected chi connectivity index (χ4v) is 1.70. The van der Waals surface area contributed by atoms with Crippen molar-refractivity contribution >= 4 is 0 Å². The number of rotatable bonds is 4. The zero-order valence-electron chi connectivity index (χ0n) is 10.6. The Morgan fingerprint density at radius 1 is 1.18 bits per heavy atom. The summed E-state index contributed by atoms with van der Waals surface area (Å²) in [4.78, 5) is 0. The molecule has 0 aliphatic carbocycles. The molecule has 1 rings (SSSR count). The quantitative estimate of drug-likeness (QED) is 0.628. The van der Waals surface area contributed by atoms with Crippen molar-refractivity contribution in [1.29, 1.82) is 0 Å². The Balaban J connectivity index is 2.79. The van der Waals surface area contributed by atoms with Crippen LogP contribution in [0.1, 0.15) is 45.2 Å². The molecule has 0 aromatic heterocycles. The van der Waals surface area contributed by atoms with Crippen LogP contribution < -0.4 is 11.3 Å². The summed E-state index contributed by atoms with van der Waals surface area (Å²) >= 11 is 0. The SMILES string of the molecule is CC(C)(C)CCC(NN)c1cc(F)cc(F)c1. The molecule has 0 spiro atoms. The predicted octanol–water partition coefficient (Wildman–Crippen LogP) is 3.30. The van der Waals surface area contributed by atoms with Gasteiger partial charge in [-0.25, -0.2) is 8.78 Å². The lowest BCUT2D eigenvalue weighted by atomic mass is 9.87. The molecule has 0 saturated heterocycles. The van der Waals surface area contributed by atoms with Gasteiger partial charge in [0.05, 0.1) is 0 Å². The first-order valence-electron chi connectivity index (χ1n) is 5.74. The van der Waals surface area contributed by atoms with E-state index < -0.39 is 11.6 Å². The van der Waals surface area contributed by atoms with Gasteiger partial charge in [-0.3, -0.25) is 11.3 Å². The summed E-state index contributed by atoms with van der Waals surface area (Å²) in [5, 5.41) is 0. The maximum absolute atomic E-state index is 13.1. The molecule has 1 aromatic rings. The summed E-state index contributed by atoms with van der Waals surface area (Å²) in [7, 11) is 0. The lowest BCUT2D eigenvalue weighted by Gasteiger charge is -2.23. The summed E-state index contributed by atoms with van der Waals surface area (Å²) in [5.41, 5.74) is 3.33. The van der Waals surface area contributed by atoms with Gasteiger partial charge < -0.3 is 0 Å². The number of nitrogens with one attached hydrogen (secondary N) is 1. The third-order valence-electron chi connectivity index (χ3n) is 2.67. The maximum Gasteiger partial charge on any atom is 0.126 e. The lowest BCUT2D eigenvalue weighted by Crippen LogP contribution is -2.29. The van der Waals surface area contributed by atoms with Crippen molar-refractivity contribution in [3.63, 3.8) is 0 Å². The zero-order valence-corrected chi connectivity index (χ0v) is 10.6. The second-order valence-electron chi connectivity index (χ2n) is 5.52. The highest BCUT2D eigenvalue weighted by Gasteiger charge is 2.17. The van der Waals surface area contributed by atoms with E-state index in [1.165, 1.54) is 12.1 Å². The molecule has 17 heavy (non-hydrogen) atoms. The van der Waals surface area contributed by atoms with Gasteiger partial charge in [-0.1, -0.05) is 20.8 Å². The Labute approximate surface area is 101 Å². The monoisotopic (exact) mass is 242 g/mol. The standard InChI is InChI=1S/C13H20F2N2/c1-13(2,3)5-4-12(17-16)9-6-10(14)8-11(15)7-9/h6-8,12,17H,4-5,16H2,1-3H3. The highest BCUT2D eigenvalue weighted by atomic mass is 19.1. The van der Waals surface area contributed by atoms with Crippen molar-refractivity contribution in [3.8, 4) is 0 Å². The van der Waals surface area contributed by atoms with Crippen LogP contribution in [0.3, 0.4) is 0 Å². The van der Waals surface area contributed by atoms with Crippen LogP contribution >= 0.6 is 0 Å². The van der Waals surface area contributed by atoms with Gasteiger partial charge in [0.15, 0.2) is 0 Å². The first-order valence-corrected chi connectivity index (χ1v) is 5.74. The molecule has 1 aromatic carbocycles. The molecule has 0 fully saturated rings. The smallest absolute Gasteiger partial charge is 0.126 e. The van der Waals surface area contributed by atoms with Gasteiger partial charge in [-0.2, -0.15) is 0 Å². The Hall–Kier alpha value is -1.00. The Kier molecular flexibility index (Phi) is 4.60. The Morgan fingerprint density at radius 3 is 2.12 bits per heavy atom. The second-order valence-corrected chi connectivity index (χ2v) is 5.52. The van der Waals surface area contributed by atoms with E-state index in [4.69, 9.17) is 5.84 Å². The number of hydrazine groups is 1. The summed E-state index contributed by atoms with van der Waals surface area (Å²) in [5.74, 6) is 4.29. The second kappa shape index (κ2) is 5.56. The van der Waals surface area contributed by atoms with Crippen molar-refractivity contribution in [2.45, 2.75) is 39.7 Å². The third kappa shape index (κ3) is 4.79. The number of halogens is 2. The van der Waals surface area contributed by atoms with Gasteiger partial charge in [0.1, 0.15) is 11.6 Å². The van der Waals surface area contributed by atoms with E-state index in [0.717, 1.165) is 18.9 Å². The van der Waals surface area contributed by atoms with Crippen molar-refractivity contribution < 1.29 is 8.78 Å². The minimum Gasteiger partial charge on any atom is -0.271 e. The van der Waals surface area contributed by atoms with E-state index in [1.807, 2.05) is 0 Å². The van der Waals surface area contributed by atoms with Gasteiger partial charge >= 0.3 is 0 Å². The molecule has 2 nitrogen and oxygen atoms in total. The van der Waals surface area contributed by atoms with E-state index >= 15 is 0 Å². The first kappa shape index (κ1) is 14.1. The van der Waals surface area contributed by atoms with E-state index in [1.54, 1.807) is 0 Å². The van der Waals surface area contributed by atoms with Crippen LogP contribution in [0.15, 0.2) is 18.2 Å². The average molecular weight is 242 g/mol. The van der Waals surface area contributed by atoms with Crippen LogP contribution in [0.25, 0.3) is 0 Å². The van der Waals surface area contributed by atoms with Gasteiger partial charge in [0, 0.05) is 12.1 Å². The fraction of sp³-hybridized carbons (Fsp3) is 0.538. The minimum absolute atomic E-state index is 0.168. The van der Waals surface area contributed by atoms with E-state index in [2.05, 4.69) is 26.2 Å². The van der Waals surface area contributed by atoms with Crippen molar-refractivity contribution in [1.82, 2.24) is 5.43 Å². The van der Waals surface area contributed by atoms with Crippen LogP contribution in [0.4, 0.5) is 8.78 Å². The molecule has 1 atom stereocenters. The summed E-state index contributed by atoms with van der Waals surface area (Å²) in [6.45, 7) is 6.35. The first-order chi connectivity index (χ1) is 7.81. The highest BCUT2D eigenvalue weighted by Crippen LogP contribution is 2.27. The molecule has 1 unspecified atom stereocenters. The van der Waals surface area contributed by atoms with Gasteiger partial charge in [0.2, 0.25) is 0 Å². The van der Waals surface area contributed by atoms with Crippen LogP contribution in [-0.4, -0.2) is 0 Å². The fourth-order valence-electron chi connectivity index (χ4n) is 1.70. The highest BCUT2D eigenvalue weighted by molar-refractivity contribution is 5.21. The van der Waals surface area contributed by atoms with Gasteiger partial charge in [-0.15, -0.1) is 0 Å². The van der Waals surface area contributed by atoms with E-state index in [9.17, 15) is 8.78 Å². The Bertz CT molecular complexity index is 352. The van der Waals surface area contributed by atoms with Gasteiger partial charge in [-0.05, 0) is 36.0 Å². The molecule has 0 radical (unpaired) electrons. The van der Waals surface area contributed by atoms with E-state index in [-0.39, 0.29) is 11.5 Å². The summed E-state index contributed by atoms with van der Waals surface area (Å²) in [6.07, 6.45) is 1.66. The molecule has 0 amide bonds. The summed E-state index contributed by atoms with van der Waals surface area (Å²) < 4.78 is 26.2. The molecule has 0 heterocycles. The molecule has 96 valence electrons. The van der Waals surface area contributed by atoms with Crippen molar-refractivity contribution in [2.75, 3.05) is 0 Å². The van der Waals surface area contributed by atoms with Crippen molar-refractivity contribution in [2.24, 2.45) is 11.3 Å². The van der Waals surface area contributed by atoms with Crippen LogP contribution in [-0.2, 0) is 0 Å². The zero-order chi connectivity index (χ0) is 13.1. The molecular weight excluding hydrogens is 222 g/mol. The molecule has 4 heteroatoms. The maximum atomic E-state index is 13.1. The molecular formula is C13H20F2N2. The molecule has 0 saturated carbocycles. The van der Waals surface area contributed by atoms with Crippen LogP contribution in [0, 0.1) is 17.0 Å². The number of hydrogen-bond donors (Lipinski definition) is 2. The molecule has 0 bridgehead atoms. The number of hydrogen-bond acceptors (Lipinski definition) is 2. The van der Waals surface area contributed by atoms with Crippen LogP contribution in [0.2, 0.25) is 0 Å². The minimum atomic E-state index is -0.573. The molecule has 3 N–H and O–H groups in total. The largest absolute Gasteiger partial charge is 0.271 e. The normalized spacial score (nSPS) is 13.8.